The summed E-state index contributed by atoms with van der Waals surface area (Å²) >= 11 is 0. The van der Waals surface area contributed by atoms with Crippen LogP contribution in [0.5, 0.6) is 0 Å². The molecule has 254 valence electrons. The molecule has 0 aliphatic rings. The van der Waals surface area contributed by atoms with E-state index in [4.69, 9.17) is 29.0 Å². The van der Waals surface area contributed by atoms with Crippen molar-refractivity contribution in [2.75, 3.05) is 13.2 Å². The third-order valence-corrected chi connectivity index (χ3v) is 9.49. The minimum atomic E-state index is -4.08. The van der Waals surface area contributed by atoms with Gasteiger partial charge in [-0.25, -0.2) is 0 Å². The van der Waals surface area contributed by atoms with Gasteiger partial charge in [-0.2, -0.15) is 25.3 Å². The molecule has 0 aromatic heterocycles. The molecule has 0 saturated carbocycles. The third-order valence-electron chi connectivity index (χ3n) is 6.01. The molecule has 3 aromatic carbocycles. The Hall–Kier alpha value is -2.73. The molecule has 0 aliphatic heterocycles. The van der Waals surface area contributed by atoms with E-state index in [1.807, 2.05) is 20.8 Å². The van der Waals surface area contributed by atoms with E-state index < -0.39 is 36.5 Å². The fourth-order valence-corrected chi connectivity index (χ4v) is 7.57. The van der Waals surface area contributed by atoms with Crippen LogP contribution in [-0.2, 0) is 30.4 Å². The molecule has 3 aromatic rings. The van der Waals surface area contributed by atoms with E-state index in [9.17, 15) is 25.3 Å². The first-order valence-electron chi connectivity index (χ1n) is 13.3. The van der Waals surface area contributed by atoms with E-state index in [0.29, 0.717) is 33.4 Å². The molecule has 45 heavy (non-hydrogen) atoms. The van der Waals surface area contributed by atoms with Crippen LogP contribution in [0.2, 0.25) is 0 Å². The second-order valence-electron chi connectivity index (χ2n) is 10.6. The molecule has 15 heteroatoms. The Kier molecular flexibility index (Phi) is 16.2. The van der Waals surface area contributed by atoms with E-state index in [0.717, 1.165) is 16.7 Å². The molecule has 12 nitrogen and oxygen atoms in total. The van der Waals surface area contributed by atoms with E-state index in [1.54, 1.807) is 77.9 Å². The Balaban J connectivity index is 0.000000593. The average Bonchev–Trinajstić information content (AvgIpc) is 2.80. The summed E-state index contributed by atoms with van der Waals surface area (Å²) in [6.45, 7) is 14.9. The van der Waals surface area contributed by atoms with Crippen LogP contribution in [0.1, 0.15) is 50.1 Å². The van der Waals surface area contributed by atoms with Crippen molar-refractivity contribution in [1.82, 2.24) is 0 Å². The standard InChI is InChI=1S/3C9H12O3S.C3H8O3/c3*1-6-4-7(2)9(8(3)5-6)13(10,11)12;4-1-3(6)2-5/h3*4-5H,1-3H3,(H,10,11,12);3-6H,1-2H2. The highest BCUT2D eigenvalue weighted by Crippen LogP contribution is 2.23. The molecule has 0 bridgehead atoms. The summed E-state index contributed by atoms with van der Waals surface area (Å²) in [5.41, 5.74) is 6.47. The fourth-order valence-electron chi connectivity index (χ4n) is 4.78. The number of aliphatic hydroxyl groups is 3. The summed E-state index contributed by atoms with van der Waals surface area (Å²) in [7, 11) is -12.2. The second-order valence-corrected chi connectivity index (χ2v) is 14.7. The van der Waals surface area contributed by atoms with Crippen molar-refractivity contribution in [2.24, 2.45) is 0 Å². The molecule has 0 amide bonds. The zero-order chi connectivity index (χ0) is 35.7. The number of aliphatic hydroxyl groups excluding tert-OH is 3. The van der Waals surface area contributed by atoms with Gasteiger partial charge < -0.3 is 15.3 Å². The molecule has 0 saturated heterocycles. The van der Waals surface area contributed by atoms with Gasteiger partial charge in [-0.15, -0.1) is 0 Å². The summed E-state index contributed by atoms with van der Waals surface area (Å²) in [5, 5.41) is 24.0. The Labute approximate surface area is 266 Å². The molecule has 0 radical (unpaired) electrons. The second kappa shape index (κ2) is 17.3. The molecule has 0 fully saturated rings. The van der Waals surface area contributed by atoms with Crippen LogP contribution in [0.3, 0.4) is 0 Å². The smallest absolute Gasteiger partial charge is 0.295 e. The third kappa shape index (κ3) is 14.1. The molecular formula is C30H44O12S3. The van der Waals surface area contributed by atoms with Gasteiger partial charge in [0.2, 0.25) is 0 Å². The van der Waals surface area contributed by atoms with Crippen molar-refractivity contribution >= 4 is 30.4 Å². The quantitative estimate of drug-likeness (QED) is 0.210. The first-order chi connectivity index (χ1) is 20.3. The first kappa shape index (κ1) is 42.3. The highest BCUT2D eigenvalue weighted by molar-refractivity contribution is 7.86. The van der Waals surface area contributed by atoms with E-state index in [2.05, 4.69) is 0 Å². The van der Waals surface area contributed by atoms with Gasteiger partial charge in [-0.1, -0.05) is 53.1 Å². The number of hydrogen-bond donors (Lipinski definition) is 6. The Morgan fingerprint density at radius 2 is 0.600 bits per heavy atom. The summed E-state index contributed by atoms with van der Waals surface area (Å²) in [6.07, 6.45) is -0.954. The van der Waals surface area contributed by atoms with Crippen LogP contribution in [0, 0.1) is 62.3 Å². The van der Waals surface area contributed by atoms with Crippen molar-refractivity contribution < 1.29 is 54.2 Å². The normalized spacial score (nSPS) is 11.5. The van der Waals surface area contributed by atoms with Crippen LogP contribution in [-0.4, -0.2) is 73.5 Å². The van der Waals surface area contributed by atoms with E-state index in [1.165, 1.54) is 0 Å². The zero-order valence-corrected chi connectivity index (χ0v) is 29.3. The van der Waals surface area contributed by atoms with Gasteiger partial charge in [0.1, 0.15) is 6.10 Å². The van der Waals surface area contributed by atoms with Gasteiger partial charge in [0.15, 0.2) is 0 Å². The lowest BCUT2D eigenvalue weighted by atomic mass is 10.1. The summed E-state index contributed by atoms with van der Waals surface area (Å²) < 4.78 is 92.4. The fraction of sp³-hybridized carbons (Fsp3) is 0.400. The molecular weight excluding hydrogens is 649 g/mol. The monoisotopic (exact) mass is 692 g/mol. The minimum Gasteiger partial charge on any atom is -0.394 e. The molecule has 3 rings (SSSR count). The predicted octanol–water partition coefficient (Wildman–Crippen LogP) is 3.91. The molecule has 6 N–H and O–H groups in total. The number of hydrogen-bond acceptors (Lipinski definition) is 9. The first-order valence-corrected chi connectivity index (χ1v) is 17.7. The van der Waals surface area contributed by atoms with Gasteiger partial charge in [0.25, 0.3) is 30.4 Å². The lowest BCUT2D eigenvalue weighted by Crippen LogP contribution is -2.15. The molecule has 0 spiro atoms. The highest BCUT2D eigenvalue weighted by atomic mass is 32.2. The highest BCUT2D eigenvalue weighted by Gasteiger charge is 2.18. The average molecular weight is 693 g/mol. The van der Waals surface area contributed by atoms with Gasteiger partial charge in [0, 0.05) is 0 Å². The van der Waals surface area contributed by atoms with Crippen LogP contribution in [0.25, 0.3) is 0 Å². The summed E-state index contributed by atoms with van der Waals surface area (Å²) in [5.74, 6) is 0. The van der Waals surface area contributed by atoms with Gasteiger partial charge in [0.05, 0.1) is 27.9 Å². The maximum atomic E-state index is 10.9. The van der Waals surface area contributed by atoms with Crippen molar-refractivity contribution in [3.05, 3.63) is 86.5 Å². The van der Waals surface area contributed by atoms with E-state index in [-0.39, 0.29) is 27.9 Å². The lowest BCUT2D eigenvalue weighted by Gasteiger charge is -2.07. The van der Waals surface area contributed by atoms with Crippen LogP contribution >= 0.6 is 0 Å². The number of aryl methyl sites for hydroxylation is 9. The molecule has 0 atom stereocenters. The summed E-state index contributed by atoms with van der Waals surface area (Å²) in [6, 6.07) is 10.4. The number of benzene rings is 3. The van der Waals surface area contributed by atoms with Crippen LogP contribution in [0.4, 0.5) is 0 Å². The summed E-state index contributed by atoms with van der Waals surface area (Å²) in [4.78, 5) is 0.0781. The Bertz CT molecular complexity index is 1520. The van der Waals surface area contributed by atoms with Crippen molar-refractivity contribution in [3.8, 4) is 0 Å². The van der Waals surface area contributed by atoms with Crippen LogP contribution in [0.15, 0.2) is 51.1 Å². The van der Waals surface area contributed by atoms with Crippen LogP contribution < -0.4 is 0 Å². The van der Waals surface area contributed by atoms with Gasteiger partial charge >= 0.3 is 0 Å². The molecule has 0 heterocycles. The van der Waals surface area contributed by atoms with Crippen molar-refractivity contribution in [3.63, 3.8) is 0 Å². The SMILES string of the molecule is Cc1cc(C)c(S(=O)(=O)O)c(C)c1.Cc1cc(C)c(S(=O)(=O)O)c(C)c1.Cc1cc(C)c(S(=O)(=O)O)c(C)c1.OCC(O)CO. The maximum Gasteiger partial charge on any atom is 0.295 e. The number of rotatable bonds is 5. The van der Waals surface area contributed by atoms with Crippen molar-refractivity contribution in [2.45, 2.75) is 83.1 Å². The van der Waals surface area contributed by atoms with Crippen molar-refractivity contribution in [1.29, 1.82) is 0 Å². The maximum absolute atomic E-state index is 10.9. The minimum absolute atomic E-state index is 0.0260. The van der Waals surface area contributed by atoms with E-state index >= 15 is 0 Å². The topological polar surface area (TPSA) is 224 Å². The zero-order valence-electron chi connectivity index (χ0n) is 26.8. The predicted molar refractivity (Wildman–Crippen MR) is 172 cm³/mol. The van der Waals surface area contributed by atoms with Gasteiger partial charge in [-0.3, -0.25) is 13.7 Å². The van der Waals surface area contributed by atoms with Gasteiger partial charge in [-0.05, 0) is 95.7 Å². The Morgan fingerprint density at radius 1 is 0.444 bits per heavy atom. The Morgan fingerprint density at radius 3 is 0.689 bits per heavy atom. The lowest BCUT2D eigenvalue weighted by molar-refractivity contribution is 0.0450. The largest absolute Gasteiger partial charge is 0.394 e. The molecule has 0 aliphatic carbocycles. The molecule has 0 unspecified atom stereocenters.